The molecule has 0 amide bonds. The average molecular weight is 244 g/mol. The molecule has 1 aromatic rings. The fourth-order valence-corrected chi connectivity index (χ4v) is 2.92. The minimum atomic E-state index is -0.184. The summed E-state index contributed by atoms with van der Waals surface area (Å²) in [6.45, 7) is 0. The molecule has 0 N–H and O–H groups in total. The molecule has 4 heteroatoms. The molecule has 0 spiro atoms. The van der Waals surface area contributed by atoms with Gasteiger partial charge in [-0.25, -0.2) is 0 Å². The summed E-state index contributed by atoms with van der Waals surface area (Å²) in [6, 6.07) is 9.06. The summed E-state index contributed by atoms with van der Waals surface area (Å²) in [7, 11) is 0. The van der Waals surface area contributed by atoms with Gasteiger partial charge >= 0.3 is 0 Å². The lowest BCUT2D eigenvalue weighted by molar-refractivity contribution is -0.536. The first-order chi connectivity index (χ1) is 8.77. The zero-order chi connectivity index (χ0) is 12.5. The smallest absolute Gasteiger partial charge is 0.244 e. The van der Waals surface area contributed by atoms with Crippen LogP contribution in [0.4, 0.5) is 0 Å². The third kappa shape index (κ3) is 1.82. The molecular weight excluding hydrogens is 228 g/mol. The minimum absolute atomic E-state index is 0.163. The lowest BCUT2D eigenvalue weighted by atomic mass is 9.88. The van der Waals surface area contributed by atoms with Crippen LogP contribution in [0.25, 0.3) is 5.70 Å². The lowest BCUT2D eigenvalue weighted by Crippen LogP contribution is -2.49. The van der Waals surface area contributed by atoms with Gasteiger partial charge in [0, 0.05) is 21.7 Å². The standard InChI is InChI=1S/C14H16N2O2/c17-15-10-14(11-6-2-1-3-7-11)16(18)13-9-5-4-8-12(13)15/h1-3,6-7,10,12-13H,4-5,8-9H2/t12-,13-/m1/s1. The van der Waals surface area contributed by atoms with Gasteiger partial charge in [0.15, 0.2) is 0 Å². The molecule has 1 heterocycles. The molecule has 1 aliphatic carbocycles. The normalized spacial score (nSPS) is 27.7. The molecule has 94 valence electrons. The van der Waals surface area contributed by atoms with E-state index in [2.05, 4.69) is 0 Å². The van der Waals surface area contributed by atoms with Gasteiger partial charge in [0.2, 0.25) is 12.2 Å². The molecule has 1 saturated carbocycles. The third-order valence-electron chi connectivity index (χ3n) is 3.88. The second-order valence-electron chi connectivity index (χ2n) is 4.99. The van der Waals surface area contributed by atoms with E-state index >= 15 is 0 Å². The molecule has 0 aromatic heterocycles. The van der Waals surface area contributed by atoms with E-state index < -0.39 is 0 Å². The van der Waals surface area contributed by atoms with Crippen LogP contribution in [0, 0.1) is 10.1 Å². The summed E-state index contributed by atoms with van der Waals surface area (Å²) in [4.78, 5) is 12.0. The topological polar surface area (TPSA) is 46.4 Å². The van der Waals surface area contributed by atoms with Crippen molar-refractivity contribution in [1.82, 2.24) is 5.06 Å². The van der Waals surface area contributed by atoms with E-state index in [1.54, 1.807) is 0 Å². The Bertz CT molecular complexity index is 484. The number of nitrogens with zero attached hydrogens (tertiary/aromatic N) is 2. The van der Waals surface area contributed by atoms with Crippen molar-refractivity contribution in [3.63, 3.8) is 0 Å². The van der Waals surface area contributed by atoms with E-state index in [0.717, 1.165) is 41.1 Å². The molecule has 0 saturated heterocycles. The van der Waals surface area contributed by atoms with Crippen LogP contribution in [0.5, 0.6) is 0 Å². The maximum atomic E-state index is 12.4. The number of benzene rings is 1. The Balaban J connectivity index is 1.98. The van der Waals surface area contributed by atoms with Gasteiger partial charge in [-0.05, 0) is 12.8 Å². The fraction of sp³-hybridized carbons (Fsp3) is 0.429. The quantitative estimate of drug-likeness (QED) is 0.713. The summed E-state index contributed by atoms with van der Waals surface area (Å²) in [5.74, 6) is 0. The number of rotatable bonds is 1. The predicted octanol–water partition coefficient (Wildman–Crippen LogP) is 2.89. The van der Waals surface area contributed by atoms with Crippen molar-refractivity contribution in [2.24, 2.45) is 0 Å². The second kappa shape index (κ2) is 4.53. The summed E-state index contributed by atoms with van der Waals surface area (Å²) in [6.07, 6.45) is 5.18. The van der Waals surface area contributed by atoms with Gasteiger partial charge in [-0.1, -0.05) is 36.8 Å². The van der Waals surface area contributed by atoms with Crippen LogP contribution in [0.15, 0.2) is 36.5 Å². The molecule has 1 fully saturated rings. The average Bonchev–Trinajstić information content (AvgIpc) is 2.44. The van der Waals surface area contributed by atoms with Crippen molar-refractivity contribution in [2.75, 3.05) is 0 Å². The Morgan fingerprint density at radius 3 is 2.67 bits per heavy atom. The highest BCUT2D eigenvalue weighted by Gasteiger charge is 2.41. The van der Waals surface area contributed by atoms with Crippen molar-refractivity contribution in [2.45, 2.75) is 37.8 Å². The van der Waals surface area contributed by atoms with Gasteiger partial charge in [-0.3, -0.25) is 0 Å². The van der Waals surface area contributed by atoms with Crippen molar-refractivity contribution in [1.29, 1.82) is 0 Å². The molecule has 0 radical (unpaired) electrons. The molecule has 2 atom stereocenters. The van der Waals surface area contributed by atoms with Gasteiger partial charge in [-0.15, -0.1) is 0 Å². The molecule has 0 unspecified atom stereocenters. The number of hydrogen-bond acceptors (Lipinski definition) is 3. The first-order valence-electron chi connectivity index (χ1n) is 6.46. The monoisotopic (exact) mass is 244 g/mol. The Hall–Kier alpha value is -1.68. The molecule has 1 aromatic carbocycles. The number of fused-ring (bicyclic) bond motifs is 1. The van der Waals surface area contributed by atoms with Gasteiger partial charge in [-0.2, -0.15) is 0 Å². The molecule has 1 aliphatic heterocycles. The van der Waals surface area contributed by atoms with Crippen LogP contribution in [-0.2, 0) is 0 Å². The van der Waals surface area contributed by atoms with E-state index in [0.29, 0.717) is 5.70 Å². The first kappa shape index (κ1) is 11.4. The van der Waals surface area contributed by atoms with Gasteiger partial charge in [0.1, 0.15) is 5.70 Å². The van der Waals surface area contributed by atoms with Crippen molar-refractivity contribution < 1.29 is 4.76 Å². The number of hydroxylamine groups is 2. The molecule has 3 rings (SSSR count). The highest BCUT2D eigenvalue weighted by molar-refractivity contribution is 5.64. The van der Waals surface area contributed by atoms with Crippen molar-refractivity contribution in [3.8, 4) is 0 Å². The van der Waals surface area contributed by atoms with Crippen LogP contribution in [0.3, 0.4) is 0 Å². The number of nitroso groups, excluding NO2 is 1. The predicted molar refractivity (Wildman–Crippen MR) is 69.3 cm³/mol. The minimum Gasteiger partial charge on any atom is -0.758 e. The Morgan fingerprint density at radius 2 is 1.89 bits per heavy atom. The van der Waals surface area contributed by atoms with Crippen LogP contribution >= 0.6 is 0 Å². The van der Waals surface area contributed by atoms with E-state index in [-0.39, 0.29) is 12.1 Å². The summed E-state index contributed by atoms with van der Waals surface area (Å²) in [5, 5.41) is 13.4. The second-order valence-corrected chi connectivity index (χ2v) is 4.99. The summed E-state index contributed by atoms with van der Waals surface area (Å²) < 4.78 is 0.987. The Kier molecular flexibility index (Phi) is 2.88. The fourth-order valence-electron chi connectivity index (χ4n) is 2.92. The van der Waals surface area contributed by atoms with Crippen molar-refractivity contribution >= 4 is 5.70 Å². The summed E-state index contributed by atoms with van der Waals surface area (Å²) in [5.41, 5.74) is 1.31. The van der Waals surface area contributed by atoms with Crippen LogP contribution in [-0.4, -0.2) is 21.9 Å². The molecule has 18 heavy (non-hydrogen) atoms. The molecular formula is C14H16N2O2. The van der Waals surface area contributed by atoms with E-state index in [4.69, 9.17) is 0 Å². The van der Waals surface area contributed by atoms with E-state index in [1.807, 2.05) is 30.3 Å². The zero-order valence-electron chi connectivity index (χ0n) is 10.2. The van der Waals surface area contributed by atoms with Crippen LogP contribution in [0.1, 0.15) is 31.2 Å². The molecule has 0 bridgehead atoms. The lowest BCUT2D eigenvalue weighted by Gasteiger charge is -2.44. The maximum absolute atomic E-state index is 12.4. The van der Waals surface area contributed by atoms with Gasteiger partial charge < -0.3 is 10.3 Å². The molecule has 4 nitrogen and oxygen atoms in total. The van der Waals surface area contributed by atoms with Gasteiger partial charge in [0.25, 0.3) is 0 Å². The number of hydrogen-bond donors (Lipinski definition) is 0. The van der Waals surface area contributed by atoms with E-state index in [9.17, 15) is 10.1 Å². The van der Waals surface area contributed by atoms with Crippen LogP contribution < -0.4 is 0 Å². The first-order valence-corrected chi connectivity index (χ1v) is 6.46. The van der Waals surface area contributed by atoms with E-state index in [1.165, 1.54) is 6.20 Å². The molecule has 2 aliphatic rings. The Morgan fingerprint density at radius 1 is 1.17 bits per heavy atom. The maximum Gasteiger partial charge on any atom is 0.244 e. The highest BCUT2D eigenvalue weighted by Crippen LogP contribution is 2.34. The Labute approximate surface area is 106 Å². The largest absolute Gasteiger partial charge is 0.758 e. The van der Waals surface area contributed by atoms with Crippen LogP contribution in [0.2, 0.25) is 0 Å². The highest BCUT2D eigenvalue weighted by atomic mass is 16.5. The van der Waals surface area contributed by atoms with Gasteiger partial charge in [0.05, 0.1) is 6.04 Å². The summed E-state index contributed by atoms with van der Waals surface area (Å²) >= 11 is 0. The van der Waals surface area contributed by atoms with Crippen molar-refractivity contribution in [3.05, 3.63) is 52.2 Å². The zero-order valence-corrected chi connectivity index (χ0v) is 10.2. The SMILES string of the molecule is O=[N+]1C=C(c2ccccc2)N([O-])[C@@H]2CCCC[C@H]21. The third-order valence-corrected chi connectivity index (χ3v) is 3.88.